The summed E-state index contributed by atoms with van der Waals surface area (Å²) < 4.78 is 11.0. The molecule has 1 aromatic rings. The highest BCUT2D eigenvalue weighted by Crippen LogP contribution is 2.22. The topological polar surface area (TPSA) is 18.5 Å². The van der Waals surface area contributed by atoms with Gasteiger partial charge in [-0.15, -0.1) is 0 Å². The Balaban J connectivity index is 2.29. The maximum absolute atomic E-state index is 5.89. The van der Waals surface area contributed by atoms with Gasteiger partial charge >= 0.3 is 0 Å². The van der Waals surface area contributed by atoms with Gasteiger partial charge < -0.3 is 9.47 Å². The van der Waals surface area contributed by atoms with Crippen molar-refractivity contribution in [2.45, 2.75) is 20.8 Å². The minimum atomic E-state index is 0.563. The lowest BCUT2D eigenvalue weighted by atomic mass is 10.2. The largest absolute Gasteiger partial charge is 0.491 e. The molecule has 1 rings (SSSR count). The monoisotopic (exact) mass is 242 g/mol. The van der Waals surface area contributed by atoms with E-state index in [1.807, 2.05) is 25.1 Å². The number of hydrogen-bond donors (Lipinski definition) is 0. The molecule has 0 radical (unpaired) electrons. The van der Waals surface area contributed by atoms with Gasteiger partial charge in [-0.3, -0.25) is 0 Å². The van der Waals surface area contributed by atoms with Crippen LogP contribution in [0, 0.1) is 12.8 Å². The maximum Gasteiger partial charge on any atom is 0.123 e. The molecule has 0 aliphatic heterocycles. The predicted molar refractivity (Wildman–Crippen MR) is 67.3 cm³/mol. The second-order valence-corrected chi connectivity index (χ2v) is 4.66. The fourth-order valence-electron chi connectivity index (χ4n) is 1.26. The Morgan fingerprint density at radius 2 is 2.00 bits per heavy atom. The summed E-state index contributed by atoms with van der Waals surface area (Å²) >= 11 is 5.89. The van der Waals surface area contributed by atoms with E-state index in [4.69, 9.17) is 21.1 Å². The molecule has 0 aliphatic carbocycles. The van der Waals surface area contributed by atoms with Gasteiger partial charge in [0.1, 0.15) is 12.4 Å². The van der Waals surface area contributed by atoms with Gasteiger partial charge in [0.2, 0.25) is 0 Å². The number of aryl methyl sites for hydroxylation is 1. The minimum Gasteiger partial charge on any atom is -0.491 e. The molecular weight excluding hydrogens is 224 g/mol. The summed E-state index contributed by atoms with van der Waals surface area (Å²) in [6, 6.07) is 5.64. The molecule has 0 saturated carbocycles. The van der Waals surface area contributed by atoms with Crippen molar-refractivity contribution in [1.82, 2.24) is 0 Å². The van der Waals surface area contributed by atoms with E-state index in [-0.39, 0.29) is 0 Å². The van der Waals surface area contributed by atoms with Crippen molar-refractivity contribution in [3.05, 3.63) is 28.8 Å². The van der Waals surface area contributed by atoms with E-state index >= 15 is 0 Å². The first-order valence-corrected chi connectivity index (χ1v) is 5.94. The Labute approximate surface area is 103 Å². The summed E-state index contributed by atoms with van der Waals surface area (Å²) in [4.78, 5) is 0. The molecule has 0 aliphatic rings. The van der Waals surface area contributed by atoms with Crippen LogP contribution in [0.5, 0.6) is 5.75 Å². The summed E-state index contributed by atoms with van der Waals surface area (Å²) in [6.45, 7) is 8.21. The zero-order valence-corrected chi connectivity index (χ0v) is 10.9. The number of halogens is 1. The first kappa shape index (κ1) is 13.3. The van der Waals surface area contributed by atoms with Crippen LogP contribution in [0.3, 0.4) is 0 Å². The van der Waals surface area contributed by atoms with Crippen LogP contribution in [0.15, 0.2) is 18.2 Å². The highest BCUT2D eigenvalue weighted by atomic mass is 35.5. The van der Waals surface area contributed by atoms with Gasteiger partial charge in [0, 0.05) is 11.6 Å². The van der Waals surface area contributed by atoms with E-state index in [1.54, 1.807) is 0 Å². The molecule has 0 unspecified atom stereocenters. The molecule has 0 atom stereocenters. The van der Waals surface area contributed by atoms with E-state index in [9.17, 15) is 0 Å². The molecule has 0 spiro atoms. The Morgan fingerprint density at radius 3 is 2.69 bits per heavy atom. The second-order valence-electron chi connectivity index (χ2n) is 4.23. The third kappa shape index (κ3) is 4.86. The molecule has 0 heterocycles. The van der Waals surface area contributed by atoms with Crippen molar-refractivity contribution in [1.29, 1.82) is 0 Å². The van der Waals surface area contributed by atoms with Crippen molar-refractivity contribution in [2.24, 2.45) is 5.92 Å². The van der Waals surface area contributed by atoms with Crippen molar-refractivity contribution in [3.8, 4) is 5.75 Å². The second kappa shape index (κ2) is 6.77. The van der Waals surface area contributed by atoms with Crippen LogP contribution in [0.2, 0.25) is 5.02 Å². The van der Waals surface area contributed by atoms with Crippen LogP contribution in [-0.4, -0.2) is 19.8 Å². The number of benzene rings is 1. The number of hydrogen-bond acceptors (Lipinski definition) is 2. The summed E-state index contributed by atoms with van der Waals surface area (Å²) in [5.74, 6) is 1.40. The van der Waals surface area contributed by atoms with Crippen molar-refractivity contribution in [2.75, 3.05) is 19.8 Å². The predicted octanol–water partition coefficient (Wildman–Crippen LogP) is 3.70. The Hall–Kier alpha value is -0.730. The lowest BCUT2D eigenvalue weighted by molar-refractivity contribution is 0.0817. The molecular formula is C13H19ClO2. The van der Waals surface area contributed by atoms with Crippen molar-refractivity contribution in [3.63, 3.8) is 0 Å². The van der Waals surface area contributed by atoms with Gasteiger partial charge in [0.25, 0.3) is 0 Å². The summed E-state index contributed by atoms with van der Waals surface area (Å²) in [5, 5.41) is 0.698. The van der Waals surface area contributed by atoms with E-state index < -0.39 is 0 Å². The Bertz CT molecular complexity index is 324. The summed E-state index contributed by atoms with van der Waals surface area (Å²) in [7, 11) is 0. The van der Waals surface area contributed by atoms with E-state index in [0.29, 0.717) is 24.2 Å². The lowest BCUT2D eigenvalue weighted by Gasteiger charge is -2.10. The first-order valence-electron chi connectivity index (χ1n) is 5.56. The summed E-state index contributed by atoms with van der Waals surface area (Å²) in [5.41, 5.74) is 1.09. The van der Waals surface area contributed by atoms with Gasteiger partial charge in [-0.2, -0.15) is 0 Å². The SMILES string of the molecule is Cc1ccc(Cl)cc1OCCOCC(C)C. The normalized spacial score (nSPS) is 10.8. The van der Waals surface area contributed by atoms with Gasteiger partial charge in [-0.25, -0.2) is 0 Å². The Morgan fingerprint density at radius 1 is 1.25 bits per heavy atom. The van der Waals surface area contributed by atoms with Crippen LogP contribution in [0.25, 0.3) is 0 Å². The molecule has 0 aromatic heterocycles. The van der Waals surface area contributed by atoms with Crippen LogP contribution in [0.4, 0.5) is 0 Å². The number of ether oxygens (including phenoxy) is 2. The smallest absolute Gasteiger partial charge is 0.123 e. The zero-order chi connectivity index (χ0) is 12.0. The molecule has 16 heavy (non-hydrogen) atoms. The number of rotatable bonds is 6. The Kier molecular flexibility index (Phi) is 5.64. The van der Waals surface area contributed by atoms with E-state index in [1.165, 1.54) is 0 Å². The van der Waals surface area contributed by atoms with Gasteiger partial charge in [0.15, 0.2) is 0 Å². The zero-order valence-electron chi connectivity index (χ0n) is 10.1. The lowest BCUT2D eigenvalue weighted by Crippen LogP contribution is -2.10. The molecule has 1 aromatic carbocycles. The molecule has 0 amide bonds. The quantitative estimate of drug-likeness (QED) is 0.709. The maximum atomic E-state index is 5.89. The van der Waals surface area contributed by atoms with Crippen LogP contribution >= 0.6 is 11.6 Å². The molecule has 0 saturated heterocycles. The highest BCUT2D eigenvalue weighted by Gasteiger charge is 2.00. The van der Waals surface area contributed by atoms with Crippen LogP contribution in [0.1, 0.15) is 19.4 Å². The fourth-order valence-corrected chi connectivity index (χ4v) is 1.42. The van der Waals surface area contributed by atoms with E-state index in [2.05, 4.69) is 13.8 Å². The van der Waals surface area contributed by atoms with Crippen LogP contribution < -0.4 is 4.74 Å². The molecule has 3 heteroatoms. The van der Waals surface area contributed by atoms with Crippen LogP contribution in [-0.2, 0) is 4.74 Å². The molecule has 0 bridgehead atoms. The van der Waals surface area contributed by atoms with Gasteiger partial charge in [-0.05, 0) is 30.5 Å². The van der Waals surface area contributed by atoms with Crippen molar-refractivity contribution < 1.29 is 9.47 Å². The average Bonchev–Trinajstić information content (AvgIpc) is 2.22. The molecule has 2 nitrogen and oxygen atoms in total. The highest BCUT2D eigenvalue weighted by molar-refractivity contribution is 6.30. The van der Waals surface area contributed by atoms with Gasteiger partial charge in [0.05, 0.1) is 6.61 Å². The summed E-state index contributed by atoms with van der Waals surface area (Å²) in [6.07, 6.45) is 0. The third-order valence-corrected chi connectivity index (χ3v) is 2.32. The van der Waals surface area contributed by atoms with Gasteiger partial charge in [-0.1, -0.05) is 31.5 Å². The minimum absolute atomic E-state index is 0.563. The molecule has 0 fully saturated rings. The first-order chi connectivity index (χ1) is 7.59. The molecule has 90 valence electrons. The van der Waals surface area contributed by atoms with Crippen molar-refractivity contribution >= 4 is 11.6 Å². The average molecular weight is 243 g/mol. The standard InChI is InChI=1S/C13H19ClO2/c1-10(2)9-15-6-7-16-13-8-12(14)5-4-11(13)3/h4-5,8,10H,6-7,9H2,1-3H3. The fraction of sp³-hybridized carbons (Fsp3) is 0.538. The third-order valence-electron chi connectivity index (χ3n) is 2.09. The molecule has 0 N–H and O–H groups in total. The van der Waals surface area contributed by atoms with E-state index in [0.717, 1.165) is 17.9 Å².